The molecule has 1 amide bonds. The van der Waals surface area contributed by atoms with Gasteiger partial charge in [0, 0.05) is 61.6 Å². The second-order valence-corrected chi connectivity index (χ2v) is 8.90. The van der Waals surface area contributed by atoms with Crippen LogP contribution in [0.5, 0.6) is 0 Å². The molecule has 0 bridgehead atoms. The lowest BCUT2D eigenvalue weighted by molar-refractivity contribution is -0.110. The number of ether oxygens (including phenoxy) is 2. The van der Waals surface area contributed by atoms with Gasteiger partial charge in [-0.25, -0.2) is 4.39 Å². The summed E-state index contributed by atoms with van der Waals surface area (Å²) in [4.78, 5) is 17.5. The molecular formula is C26H30FN3O4. The number of hydrogen-bond acceptors (Lipinski definition) is 6. The fourth-order valence-electron chi connectivity index (χ4n) is 4.83. The average molecular weight is 468 g/mol. The number of halogens is 1. The Morgan fingerprint density at radius 1 is 1.00 bits per heavy atom. The summed E-state index contributed by atoms with van der Waals surface area (Å²) < 4.78 is 25.1. The molecule has 3 aliphatic rings. The first-order valence-corrected chi connectivity index (χ1v) is 11.9. The number of aliphatic hydroxyl groups is 1. The molecule has 34 heavy (non-hydrogen) atoms. The molecule has 180 valence electrons. The Morgan fingerprint density at radius 3 is 2.59 bits per heavy atom. The van der Waals surface area contributed by atoms with Crippen molar-refractivity contribution < 1.29 is 23.8 Å². The van der Waals surface area contributed by atoms with Crippen LogP contribution in [0.2, 0.25) is 0 Å². The summed E-state index contributed by atoms with van der Waals surface area (Å²) in [5, 5.41) is 11.6. The highest BCUT2D eigenvalue weighted by Crippen LogP contribution is 2.41. The summed E-state index contributed by atoms with van der Waals surface area (Å²) in [6, 6.07) is 10.6. The third-order valence-corrected chi connectivity index (χ3v) is 6.71. The van der Waals surface area contributed by atoms with Crippen LogP contribution < -0.4 is 5.32 Å². The van der Waals surface area contributed by atoms with Crippen molar-refractivity contribution in [3.05, 3.63) is 64.5 Å². The lowest BCUT2D eigenvalue weighted by atomic mass is 9.98. The van der Waals surface area contributed by atoms with E-state index in [2.05, 4.69) is 27.2 Å². The van der Waals surface area contributed by atoms with Gasteiger partial charge in [-0.15, -0.1) is 0 Å². The van der Waals surface area contributed by atoms with Crippen LogP contribution >= 0.6 is 0 Å². The predicted molar refractivity (Wildman–Crippen MR) is 128 cm³/mol. The number of carbonyl (C=O) groups is 1. The van der Waals surface area contributed by atoms with E-state index in [1.54, 1.807) is 6.07 Å². The van der Waals surface area contributed by atoms with Crippen LogP contribution in [0.4, 0.5) is 10.1 Å². The molecule has 1 fully saturated rings. The smallest absolute Gasteiger partial charge is 0.260 e. The molecule has 2 N–H and O–H groups in total. The van der Waals surface area contributed by atoms with Crippen LogP contribution in [0.3, 0.4) is 0 Å². The van der Waals surface area contributed by atoms with Crippen molar-refractivity contribution in [1.82, 2.24) is 9.80 Å². The lowest BCUT2D eigenvalue weighted by Gasteiger charge is -2.34. The minimum Gasteiger partial charge on any atom is -0.487 e. The normalized spacial score (nSPS) is 20.2. The Labute approximate surface area is 198 Å². The molecule has 1 saturated heterocycles. The van der Waals surface area contributed by atoms with Crippen LogP contribution in [0, 0.1) is 5.82 Å². The lowest BCUT2D eigenvalue weighted by Crippen LogP contribution is -2.47. The van der Waals surface area contributed by atoms with E-state index in [0.29, 0.717) is 42.4 Å². The molecule has 0 unspecified atom stereocenters. The first-order valence-electron chi connectivity index (χ1n) is 11.9. The van der Waals surface area contributed by atoms with Gasteiger partial charge in [-0.1, -0.05) is 18.2 Å². The molecular weight excluding hydrogens is 437 g/mol. The molecule has 0 radical (unpaired) electrons. The second kappa shape index (κ2) is 10.2. The minimum absolute atomic E-state index is 0.0740. The topological polar surface area (TPSA) is 74.3 Å². The van der Waals surface area contributed by atoms with Crippen LogP contribution in [0.1, 0.15) is 22.3 Å². The van der Waals surface area contributed by atoms with E-state index in [0.717, 1.165) is 56.8 Å². The van der Waals surface area contributed by atoms with E-state index in [-0.39, 0.29) is 18.3 Å². The number of rotatable bonds is 8. The minimum atomic E-state index is -0.377. The molecule has 0 spiro atoms. The van der Waals surface area contributed by atoms with Crippen molar-refractivity contribution in [3.8, 4) is 0 Å². The molecule has 3 heterocycles. The maximum absolute atomic E-state index is 13.8. The quantitative estimate of drug-likeness (QED) is 0.459. The van der Waals surface area contributed by atoms with Crippen molar-refractivity contribution in [3.63, 3.8) is 0 Å². The third-order valence-electron chi connectivity index (χ3n) is 6.71. The Bertz CT molecular complexity index is 1100. The zero-order chi connectivity index (χ0) is 23.5. The largest absolute Gasteiger partial charge is 0.487 e. The SMILES string of the molecule is O=C1Nc2ccc(F)cc2/C1=C1\OCc2cc(CCN3CCN(CCOCCO)CC3)ccc21. The van der Waals surface area contributed by atoms with Gasteiger partial charge in [-0.05, 0) is 30.2 Å². The Balaban J connectivity index is 1.20. The maximum Gasteiger partial charge on any atom is 0.260 e. The van der Waals surface area contributed by atoms with Crippen LogP contribution in [0.15, 0.2) is 36.4 Å². The fourth-order valence-corrected chi connectivity index (χ4v) is 4.83. The molecule has 0 saturated carbocycles. The maximum atomic E-state index is 13.8. The Kier molecular flexibility index (Phi) is 6.92. The zero-order valence-corrected chi connectivity index (χ0v) is 19.2. The molecule has 7 nitrogen and oxygen atoms in total. The number of aliphatic hydroxyl groups excluding tert-OH is 1. The highest BCUT2D eigenvalue weighted by atomic mass is 19.1. The van der Waals surface area contributed by atoms with E-state index < -0.39 is 0 Å². The fraction of sp³-hybridized carbons (Fsp3) is 0.423. The highest BCUT2D eigenvalue weighted by molar-refractivity contribution is 6.36. The summed E-state index contributed by atoms with van der Waals surface area (Å²) in [6.45, 7) is 7.60. The van der Waals surface area contributed by atoms with Crippen molar-refractivity contribution in [2.75, 3.05) is 64.4 Å². The molecule has 8 heteroatoms. The van der Waals surface area contributed by atoms with Gasteiger partial charge in [0.1, 0.15) is 18.2 Å². The van der Waals surface area contributed by atoms with Gasteiger partial charge in [0.25, 0.3) is 5.91 Å². The molecule has 2 aromatic rings. The predicted octanol–water partition coefficient (Wildman–Crippen LogP) is 2.35. The van der Waals surface area contributed by atoms with E-state index in [9.17, 15) is 9.18 Å². The average Bonchev–Trinajstić information content (AvgIpc) is 3.40. The number of hydrogen-bond donors (Lipinski definition) is 2. The summed E-state index contributed by atoms with van der Waals surface area (Å²) in [5.74, 6) is -0.105. The number of amides is 1. The van der Waals surface area contributed by atoms with Gasteiger partial charge < -0.3 is 24.8 Å². The number of fused-ring (bicyclic) bond motifs is 2. The van der Waals surface area contributed by atoms with Gasteiger partial charge in [-0.2, -0.15) is 0 Å². The number of nitrogens with zero attached hydrogens (tertiary/aromatic N) is 2. The zero-order valence-electron chi connectivity index (χ0n) is 19.2. The van der Waals surface area contributed by atoms with E-state index in [4.69, 9.17) is 14.6 Å². The standard InChI is InChI=1S/C26H30FN3O4/c27-20-2-4-23-22(16-20)24(26(32)28-23)25-21-3-1-18(15-19(21)17-34-25)5-6-29-7-9-30(10-8-29)11-13-33-14-12-31/h1-4,15-16,31H,5-14,17H2,(H,28,32)/b25-24+. The monoisotopic (exact) mass is 467 g/mol. The molecule has 5 rings (SSSR count). The van der Waals surface area contributed by atoms with Crippen molar-refractivity contribution in [1.29, 1.82) is 0 Å². The van der Waals surface area contributed by atoms with Gasteiger partial charge >= 0.3 is 0 Å². The van der Waals surface area contributed by atoms with E-state index in [1.807, 2.05) is 6.07 Å². The number of piperazine rings is 1. The Hall–Kier alpha value is -2.78. The molecule has 0 atom stereocenters. The summed E-state index contributed by atoms with van der Waals surface area (Å²) in [6.07, 6.45) is 0.952. The van der Waals surface area contributed by atoms with Gasteiger partial charge in [-0.3, -0.25) is 9.69 Å². The molecule has 3 aliphatic heterocycles. The van der Waals surface area contributed by atoms with Gasteiger partial charge in [0.15, 0.2) is 0 Å². The van der Waals surface area contributed by atoms with E-state index in [1.165, 1.54) is 17.7 Å². The van der Waals surface area contributed by atoms with Crippen molar-refractivity contribution in [2.45, 2.75) is 13.0 Å². The number of nitrogens with one attached hydrogen (secondary N) is 1. The van der Waals surface area contributed by atoms with Gasteiger partial charge in [0.2, 0.25) is 0 Å². The second-order valence-electron chi connectivity index (χ2n) is 8.90. The molecule has 2 aromatic carbocycles. The molecule has 0 aliphatic carbocycles. The van der Waals surface area contributed by atoms with E-state index >= 15 is 0 Å². The summed E-state index contributed by atoms with van der Waals surface area (Å²) >= 11 is 0. The molecule has 0 aromatic heterocycles. The summed E-state index contributed by atoms with van der Waals surface area (Å²) in [5.41, 5.74) is 4.78. The van der Waals surface area contributed by atoms with Crippen LogP contribution in [0.25, 0.3) is 11.3 Å². The van der Waals surface area contributed by atoms with Gasteiger partial charge in [0.05, 0.1) is 25.4 Å². The first-order chi connectivity index (χ1) is 16.6. The third kappa shape index (κ3) is 4.86. The van der Waals surface area contributed by atoms with Crippen LogP contribution in [-0.2, 0) is 27.3 Å². The number of anilines is 1. The number of benzene rings is 2. The van der Waals surface area contributed by atoms with Crippen molar-refractivity contribution >= 4 is 22.9 Å². The van der Waals surface area contributed by atoms with Crippen molar-refractivity contribution in [2.24, 2.45) is 0 Å². The highest BCUT2D eigenvalue weighted by Gasteiger charge is 2.32. The number of carbonyl (C=O) groups excluding carboxylic acids is 1. The Morgan fingerprint density at radius 2 is 1.79 bits per heavy atom. The summed E-state index contributed by atoms with van der Waals surface area (Å²) in [7, 11) is 0. The van der Waals surface area contributed by atoms with Crippen LogP contribution in [-0.4, -0.2) is 79.9 Å². The first kappa shape index (κ1) is 23.0.